The van der Waals surface area contributed by atoms with E-state index in [0.29, 0.717) is 19.3 Å². The van der Waals surface area contributed by atoms with Crippen molar-refractivity contribution in [3.8, 4) is 0 Å². The lowest BCUT2D eigenvalue weighted by Crippen LogP contribution is -2.46. The molecule has 0 heterocycles. The van der Waals surface area contributed by atoms with Gasteiger partial charge in [-0.25, -0.2) is 0 Å². The summed E-state index contributed by atoms with van der Waals surface area (Å²) in [5, 5.41) is 23.8. The van der Waals surface area contributed by atoms with Gasteiger partial charge < -0.3 is 20.3 Å². The van der Waals surface area contributed by atoms with E-state index >= 15 is 0 Å². The molecule has 0 saturated heterocycles. The number of esters is 1. The summed E-state index contributed by atoms with van der Waals surface area (Å²) >= 11 is 0. The lowest BCUT2D eigenvalue weighted by Gasteiger charge is -2.24. The predicted octanol–water partition coefficient (Wildman–Crippen LogP) is 17.1. The molecule has 0 aromatic carbocycles. The normalized spacial score (nSPS) is 13.0. The minimum Gasteiger partial charge on any atom is -0.462 e. The molecule has 3 unspecified atom stereocenters. The van der Waals surface area contributed by atoms with Crippen molar-refractivity contribution >= 4 is 11.9 Å². The minimum atomic E-state index is -0.779. The maximum absolute atomic E-state index is 13.2. The van der Waals surface area contributed by atoms with Crippen LogP contribution in [-0.4, -0.2) is 46.9 Å². The highest BCUT2D eigenvalue weighted by molar-refractivity contribution is 5.77. The number of hydrogen-bond donors (Lipinski definition) is 3. The second-order valence-electron chi connectivity index (χ2n) is 19.7. The Morgan fingerprint density at radius 1 is 0.403 bits per heavy atom. The van der Waals surface area contributed by atoms with E-state index in [0.717, 1.165) is 38.5 Å². The second-order valence-corrected chi connectivity index (χ2v) is 19.7. The Bertz CT molecular complexity index is 898. The summed E-state index contributed by atoms with van der Waals surface area (Å²) in [4.78, 5) is 26.2. The van der Waals surface area contributed by atoms with Crippen LogP contribution in [0.4, 0.5) is 0 Å². The molecule has 370 valence electrons. The second kappa shape index (κ2) is 50.9. The zero-order valence-corrected chi connectivity index (χ0v) is 42.3. The van der Waals surface area contributed by atoms with Gasteiger partial charge in [0.25, 0.3) is 0 Å². The third-order valence-electron chi connectivity index (χ3n) is 13.4. The van der Waals surface area contributed by atoms with Crippen molar-refractivity contribution in [3.63, 3.8) is 0 Å². The van der Waals surface area contributed by atoms with E-state index in [4.69, 9.17) is 4.74 Å². The summed E-state index contributed by atoms with van der Waals surface area (Å²) in [6.07, 6.45) is 56.0. The van der Waals surface area contributed by atoms with Crippen LogP contribution in [0.2, 0.25) is 0 Å². The average Bonchev–Trinajstić information content (AvgIpc) is 3.26. The average molecular weight is 879 g/mol. The van der Waals surface area contributed by atoms with E-state index < -0.39 is 18.2 Å². The quantitative estimate of drug-likeness (QED) is 0.0418. The Morgan fingerprint density at radius 3 is 0.984 bits per heavy atom. The highest BCUT2D eigenvalue weighted by Crippen LogP contribution is 2.19. The summed E-state index contributed by atoms with van der Waals surface area (Å²) < 4.78 is 5.95. The third-order valence-corrected chi connectivity index (χ3v) is 13.4. The van der Waals surface area contributed by atoms with Crippen molar-refractivity contribution in [3.05, 3.63) is 0 Å². The van der Waals surface area contributed by atoms with Crippen LogP contribution >= 0.6 is 0 Å². The molecule has 3 N–H and O–H groups in total. The van der Waals surface area contributed by atoms with Gasteiger partial charge in [-0.3, -0.25) is 9.59 Å². The monoisotopic (exact) mass is 878 g/mol. The number of aliphatic hydroxyl groups is 2. The van der Waals surface area contributed by atoms with Crippen LogP contribution in [0.3, 0.4) is 0 Å². The summed E-state index contributed by atoms with van der Waals surface area (Å²) in [6, 6.07) is -0.692. The lowest BCUT2D eigenvalue weighted by molar-refractivity contribution is -0.151. The summed E-state index contributed by atoms with van der Waals surface area (Å²) in [5.74, 6) is -0.448. The zero-order valence-electron chi connectivity index (χ0n) is 42.3. The van der Waals surface area contributed by atoms with E-state index in [1.807, 2.05) is 0 Å². The number of ether oxygens (including phenoxy) is 1. The molecule has 6 nitrogen and oxygen atoms in total. The topological polar surface area (TPSA) is 95.9 Å². The van der Waals surface area contributed by atoms with Gasteiger partial charge in [0.05, 0.1) is 25.2 Å². The lowest BCUT2D eigenvalue weighted by atomic mass is 10.0. The molecule has 0 aliphatic carbocycles. The highest BCUT2D eigenvalue weighted by atomic mass is 16.5. The molecular formula is C56H111NO5. The summed E-state index contributed by atoms with van der Waals surface area (Å²) in [7, 11) is 0. The van der Waals surface area contributed by atoms with E-state index in [-0.39, 0.29) is 24.9 Å². The largest absolute Gasteiger partial charge is 0.462 e. The highest BCUT2D eigenvalue weighted by Gasteiger charge is 2.24. The number of nitrogens with one attached hydrogen (secondary N) is 1. The first-order valence-electron chi connectivity index (χ1n) is 28.3. The van der Waals surface area contributed by atoms with Gasteiger partial charge in [0.2, 0.25) is 5.91 Å². The number of amides is 1. The standard InChI is InChI=1S/C56H111NO5/c1-4-7-10-13-16-19-22-24-26-28-30-32-34-37-40-43-46-49-56(61)62-52(47-44-41-38-35-21-18-15-12-9-6-3)50-55(60)57-53(51-58)54(59)48-45-42-39-36-33-31-29-27-25-23-20-17-14-11-8-5-2/h52-54,58-59H,4-51H2,1-3H3,(H,57,60). The number of hydrogen-bond acceptors (Lipinski definition) is 5. The fourth-order valence-corrected chi connectivity index (χ4v) is 9.14. The molecule has 6 heteroatoms. The van der Waals surface area contributed by atoms with Crippen LogP contribution in [0.15, 0.2) is 0 Å². The summed E-state index contributed by atoms with van der Waals surface area (Å²) in [5.41, 5.74) is 0. The molecule has 0 aromatic rings. The molecule has 3 atom stereocenters. The SMILES string of the molecule is CCCCCCCCCCCCCCCCCCCC(=O)OC(CCCCCCCCCCCC)CC(=O)NC(CO)C(O)CCCCCCCCCCCCCCCCCC. The van der Waals surface area contributed by atoms with Crippen LogP contribution in [0.1, 0.15) is 323 Å². The van der Waals surface area contributed by atoms with Crippen molar-refractivity contribution in [2.45, 2.75) is 341 Å². The van der Waals surface area contributed by atoms with Crippen molar-refractivity contribution in [1.82, 2.24) is 5.32 Å². The van der Waals surface area contributed by atoms with Crippen molar-refractivity contribution in [2.24, 2.45) is 0 Å². The van der Waals surface area contributed by atoms with Gasteiger partial charge in [0.15, 0.2) is 0 Å². The molecule has 0 bridgehead atoms. The fraction of sp³-hybridized carbons (Fsp3) is 0.964. The molecule has 0 saturated carbocycles. The van der Waals surface area contributed by atoms with E-state index in [1.165, 1.54) is 238 Å². The number of unbranched alkanes of at least 4 members (excludes halogenated alkanes) is 40. The fourth-order valence-electron chi connectivity index (χ4n) is 9.14. The first-order chi connectivity index (χ1) is 30.5. The van der Waals surface area contributed by atoms with E-state index in [9.17, 15) is 19.8 Å². The molecule has 0 aliphatic heterocycles. The molecule has 0 aliphatic rings. The van der Waals surface area contributed by atoms with Crippen molar-refractivity contribution in [1.29, 1.82) is 0 Å². The van der Waals surface area contributed by atoms with Gasteiger partial charge in [-0.1, -0.05) is 284 Å². The van der Waals surface area contributed by atoms with Gasteiger partial charge in [0, 0.05) is 6.42 Å². The Kier molecular flexibility index (Phi) is 49.9. The molecule has 0 spiro atoms. The first kappa shape index (κ1) is 60.9. The van der Waals surface area contributed by atoms with Gasteiger partial charge >= 0.3 is 5.97 Å². The molecule has 62 heavy (non-hydrogen) atoms. The molecule has 0 aromatic heterocycles. The summed E-state index contributed by atoms with van der Waals surface area (Å²) in [6.45, 7) is 6.52. The molecule has 1 amide bonds. The van der Waals surface area contributed by atoms with Gasteiger partial charge in [-0.2, -0.15) is 0 Å². The van der Waals surface area contributed by atoms with Gasteiger partial charge in [-0.05, 0) is 25.7 Å². The molecule has 0 fully saturated rings. The Morgan fingerprint density at radius 2 is 0.677 bits per heavy atom. The molecule has 0 rings (SSSR count). The van der Waals surface area contributed by atoms with Crippen molar-refractivity contribution in [2.75, 3.05) is 6.61 Å². The van der Waals surface area contributed by atoms with E-state index in [2.05, 4.69) is 26.1 Å². The first-order valence-corrected chi connectivity index (χ1v) is 28.3. The molecular weight excluding hydrogens is 767 g/mol. The Balaban J connectivity index is 4.38. The smallest absolute Gasteiger partial charge is 0.306 e. The van der Waals surface area contributed by atoms with Gasteiger partial charge in [-0.15, -0.1) is 0 Å². The minimum absolute atomic E-state index is 0.0878. The maximum atomic E-state index is 13.2. The number of aliphatic hydroxyl groups excluding tert-OH is 2. The number of carbonyl (C=O) groups is 2. The number of rotatable bonds is 52. The van der Waals surface area contributed by atoms with Gasteiger partial charge in [0.1, 0.15) is 6.10 Å². The van der Waals surface area contributed by atoms with Crippen LogP contribution < -0.4 is 5.32 Å². The van der Waals surface area contributed by atoms with Crippen LogP contribution in [0, 0.1) is 0 Å². The zero-order chi connectivity index (χ0) is 45.2. The van der Waals surface area contributed by atoms with E-state index in [1.54, 1.807) is 0 Å². The Hall–Kier alpha value is -1.14. The van der Waals surface area contributed by atoms with Crippen LogP contribution in [0.25, 0.3) is 0 Å². The van der Waals surface area contributed by atoms with Crippen LogP contribution in [-0.2, 0) is 14.3 Å². The predicted molar refractivity (Wildman–Crippen MR) is 269 cm³/mol. The van der Waals surface area contributed by atoms with Crippen molar-refractivity contribution < 1.29 is 24.5 Å². The number of carbonyl (C=O) groups excluding carboxylic acids is 2. The maximum Gasteiger partial charge on any atom is 0.306 e. The molecule has 0 radical (unpaired) electrons. The third kappa shape index (κ3) is 45.4. The Labute approximate surface area is 387 Å². The van der Waals surface area contributed by atoms with Crippen LogP contribution in [0.5, 0.6) is 0 Å².